The van der Waals surface area contributed by atoms with Crippen molar-refractivity contribution < 1.29 is 9.18 Å². The van der Waals surface area contributed by atoms with Crippen LogP contribution in [0.1, 0.15) is 25.9 Å². The van der Waals surface area contributed by atoms with Crippen molar-refractivity contribution in [3.63, 3.8) is 0 Å². The minimum Gasteiger partial charge on any atom is -0.320 e. The SMILES string of the molecule is Cc1ccc(-n2nnnc2SCc2nnc(C(=O)Nc3ccc(F)cc3)s2)c(C)c1. The van der Waals surface area contributed by atoms with Crippen molar-refractivity contribution >= 4 is 34.7 Å². The number of nitrogens with zero attached hydrogens (tertiary/aromatic N) is 6. The number of rotatable bonds is 6. The summed E-state index contributed by atoms with van der Waals surface area (Å²) in [7, 11) is 0. The molecular formula is C19H16FN7OS2. The summed E-state index contributed by atoms with van der Waals surface area (Å²) in [6.45, 7) is 4.04. The van der Waals surface area contributed by atoms with E-state index in [1.165, 1.54) is 52.9 Å². The molecule has 30 heavy (non-hydrogen) atoms. The molecule has 2 aromatic heterocycles. The monoisotopic (exact) mass is 441 g/mol. The van der Waals surface area contributed by atoms with E-state index in [9.17, 15) is 9.18 Å². The lowest BCUT2D eigenvalue weighted by Gasteiger charge is -2.07. The van der Waals surface area contributed by atoms with Gasteiger partial charge in [0, 0.05) is 5.69 Å². The molecular weight excluding hydrogens is 425 g/mol. The van der Waals surface area contributed by atoms with E-state index >= 15 is 0 Å². The Bertz CT molecular complexity index is 1190. The number of aryl methyl sites for hydroxylation is 2. The highest BCUT2D eigenvalue weighted by atomic mass is 32.2. The van der Waals surface area contributed by atoms with E-state index < -0.39 is 5.91 Å². The van der Waals surface area contributed by atoms with Crippen molar-refractivity contribution in [2.75, 3.05) is 5.32 Å². The molecule has 0 unspecified atom stereocenters. The molecule has 152 valence electrons. The molecule has 0 bridgehead atoms. The topological polar surface area (TPSA) is 98.5 Å². The molecule has 4 aromatic rings. The van der Waals surface area contributed by atoms with E-state index in [-0.39, 0.29) is 10.8 Å². The maximum Gasteiger partial charge on any atom is 0.286 e. The summed E-state index contributed by atoms with van der Waals surface area (Å²) in [5.41, 5.74) is 3.63. The number of hydrogen-bond acceptors (Lipinski definition) is 8. The maximum atomic E-state index is 13.0. The van der Waals surface area contributed by atoms with Crippen molar-refractivity contribution in [3.8, 4) is 5.69 Å². The van der Waals surface area contributed by atoms with Gasteiger partial charge in [-0.05, 0) is 60.2 Å². The third kappa shape index (κ3) is 4.52. The summed E-state index contributed by atoms with van der Waals surface area (Å²) in [5.74, 6) is -0.297. The Morgan fingerprint density at radius 2 is 1.93 bits per heavy atom. The Balaban J connectivity index is 1.42. The number of carbonyl (C=O) groups excluding carboxylic acids is 1. The summed E-state index contributed by atoms with van der Waals surface area (Å²) in [6, 6.07) is 11.6. The van der Waals surface area contributed by atoms with E-state index in [1.54, 1.807) is 4.68 Å². The van der Waals surface area contributed by atoms with E-state index in [0.29, 0.717) is 21.6 Å². The molecule has 0 aliphatic heterocycles. The lowest BCUT2D eigenvalue weighted by atomic mass is 10.1. The van der Waals surface area contributed by atoms with Crippen LogP contribution in [0.2, 0.25) is 0 Å². The first-order valence-corrected chi connectivity index (χ1v) is 10.7. The number of aromatic nitrogens is 6. The van der Waals surface area contributed by atoms with Crippen LogP contribution in [-0.2, 0) is 5.75 Å². The highest BCUT2D eigenvalue weighted by molar-refractivity contribution is 7.98. The van der Waals surface area contributed by atoms with Gasteiger partial charge < -0.3 is 5.32 Å². The first-order chi connectivity index (χ1) is 14.5. The van der Waals surface area contributed by atoms with Crippen LogP contribution in [0.15, 0.2) is 47.6 Å². The highest BCUT2D eigenvalue weighted by Gasteiger charge is 2.16. The summed E-state index contributed by atoms with van der Waals surface area (Å²) in [6.07, 6.45) is 0. The summed E-state index contributed by atoms with van der Waals surface area (Å²) in [4.78, 5) is 12.3. The van der Waals surface area contributed by atoms with Crippen LogP contribution < -0.4 is 5.32 Å². The largest absolute Gasteiger partial charge is 0.320 e. The second-order valence-corrected chi connectivity index (χ2v) is 8.42. The van der Waals surface area contributed by atoms with Crippen LogP contribution in [0, 0.1) is 19.7 Å². The average Bonchev–Trinajstić information content (AvgIpc) is 3.37. The number of anilines is 1. The van der Waals surface area contributed by atoms with Gasteiger partial charge in [-0.3, -0.25) is 4.79 Å². The molecule has 0 saturated carbocycles. The van der Waals surface area contributed by atoms with Gasteiger partial charge in [0.05, 0.1) is 11.4 Å². The number of carbonyl (C=O) groups is 1. The molecule has 0 spiro atoms. The fourth-order valence-corrected chi connectivity index (χ4v) is 4.32. The van der Waals surface area contributed by atoms with Gasteiger partial charge in [-0.25, -0.2) is 4.39 Å². The fourth-order valence-electron chi connectivity index (χ4n) is 2.71. The Hall–Kier alpha value is -3.18. The van der Waals surface area contributed by atoms with Gasteiger partial charge in [-0.1, -0.05) is 40.8 Å². The third-order valence-electron chi connectivity index (χ3n) is 4.11. The van der Waals surface area contributed by atoms with Crippen molar-refractivity contribution in [2.24, 2.45) is 0 Å². The minimum absolute atomic E-state index is 0.226. The van der Waals surface area contributed by atoms with E-state index in [1.807, 2.05) is 26.0 Å². The molecule has 0 saturated heterocycles. The Morgan fingerprint density at radius 3 is 2.70 bits per heavy atom. The second-order valence-electron chi connectivity index (χ2n) is 6.41. The van der Waals surface area contributed by atoms with Crippen LogP contribution >= 0.6 is 23.1 Å². The van der Waals surface area contributed by atoms with Gasteiger partial charge >= 0.3 is 0 Å². The maximum absolute atomic E-state index is 13.0. The number of halogens is 1. The lowest BCUT2D eigenvalue weighted by molar-refractivity contribution is 0.102. The predicted octanol–water partition coefficient (Wildman–Crippen LogP) is 3.81. The molecule has 4 rings (SSSR count). The molecule has 11 heteroatoms. The molecule has 1 N–H and O–H groups in total. The van der Waals surface area contributed by atoms with E-state index in [0.717, 1.165) is 11.3 Å². The first kappa shape index (κ1) is 20.1. The second kappa shape index (κ2) is 8.67. The Morgan fingerprint density at radius 1 is 1.13 bits per heavy atom. The average molecular weight is 442 g/mol. The Labute approximate surface area is 179 Å². The van der Waals surface area contributed by atoms with Crippen LogP contribution in [0.5, 0.6) is 0 Å². The highest BCUT2D eigenvalue weighted by Crippen LogP contribution is 2.26. The minimum atomic E-state index is -0.393. The fraction of sp³-hybridized carbons (Fsp3) is 0.158. The van der Waals surface area contributed by atoms with Gasteiger partial charge in [-0.2, -0.15) is 4.68 Å². The smallest absolute Gasteiger partial charge is 0.286 e. The summed E-state index contributed by atoms with van der Waals surface area (Å²) >= 11 is 2.59. The van der Waals surface area contributed by atoms with Gasteiger partial charge in [0.15, 0.2) is 0 Å². The van der Waals surface area contributed by atoms with Crippen LogP contribution in [0.25, 0.3) is 5.69 Å². The standard InChI is InChI=1S/C19H16FN7OS2/c1-11-3-8-15(12(2)9-11)27-19(24-25-26-27)29-10-16-22-23-18(30-16)17(28)21-14-6-4-13(20)5-7-14/h3-9H,10H2,1-2H3,(H,21,28). The van der Waals surface area contributed by atoms with Crippen LogP contribution in [0.4, 0.5) is 10.1 Å². The molecule has 1 amide bonds. The zero-order valence-corrected chi connectivity index (χ0v) is 17.7. The number of amides is 1. The van der Waals surface area contributed by atoms with Crippen molar-refractivity contribution in [2.45, 2.75) is 24.8 Å². The zero-order chi connectivity index (χ0) is 21.1. The molecule has 0 atom stereocenters. The molecule has 0 aliphatic rings. The van der Waals surface area contributed by atoms with Gasteiger partial charge in [0.1, 0.15) is 10.8 Å². The normalized spacial score (nSPS) is 10.9. The molecule has 8 nitrogen and oxygen atoms in total. The molecule has 2 aromatic carbocycles. The quantitative estimate of drug-likeness (QED) is 0.454. The molecule has 0 fully saturated rings. The summed E-state index contributed by atoms with van der Waals surface area (Å²) < 4.78 is 14.7. The number of nitrogens with one attached hydrogen (secondary N) is 1. The van der Waals surface area contributed by atoms with Crippen LogP contribution in [-0.4, -0.2) is 36.3 Å². The van der Waals surface area contributed by atoms with Crippen molar-refractivity contribution in [1.82, 2.24) is 30.4 Å². The van der Waals surface area contributed by atoms with Crippen LogP contribution in [0.3, 0.4) is 0 Å². The number of hydrogen-bond donors (Lipinski definition) is 1. The van der Waals surface area contributed by atoms with E-state index in [4.69, 9.17) is 0 Å². The number of thioether (sulfide) groups is 1. The Kier molecular flexibility index (Phi) is 5.81. The molecule has 0 radical (unpaired) electrons. The number of benzene rings is 2. The molecule has 2 heterocycles. The zero-order valence-electron chi connectivity index (χ0n) is 16.0. The van der Waals surface area contributed by atoms with Crippen molar-refractivity contribution in [3.05, 3.63) is 69.4 Å². The molecule has 0 aliphatic carbocycles. The van der Waals surface area contributed by atoms with Gasteiger partial charge in [0.25, 0.3) is 5.91 Å². The first-order valence-electron chi connectivity index (χ1n) is 8.88. The van der Waals surface area contributed by atoms with Gasteiger partial charge in [0.2, 0.25) is 10.2 Å². The summed E-state index contributed by atoms with van der Waals surface area (Å²) in [5, 5.41) is 24.2. The lowest BCUT2D eigenvalue weighted by Crippen LogP contribution is -2.11. The van der Waals surface area contributed by atoms with Crippen molar-refractivity contribution in [1.29, 1.82) is 0 Å². The van der Waals surface area contributed by atoms with E-state index in [2.05, 4.69) is 37.1 Å². The number of tetrazole rings is 1. The van der Waals surface area contributed by atoms with Gasteiger partial charge in [-0.15, -0.1) is 15.3 Å². The predicted molar refractivity (Wildman–Crippen MR) is 112 cm³/mol. The third-order valence-corrected chi connectivity index (χ3v) is 6.14.